The predicted octanol–water partition coefficient (Wildman–Crippen LogP) is 8.27. The molecule has 0 radical (unpaired) electrons. The Balaban J connectivity index is 0.000000252. The number of carbonyl (C=O) groups excluding carboxylic acids is 2. The van der Waals surface area contributed by atoms with Crippen LogP contribution in [-0.2, 0) is 38.4 Å². The smallest absolute Gasteiger partial charge is 0.319 e. The molecule has 2 heterocycles. The molecule has 0 amide bonds. The largest absolute Gasteiger partial charge is 0.493 e. The summed E-state index contributed by atoms with van der Waals surface area (Å²) in [5.74, 6) is 3.92. The van der Waals surface area contributed by atoms with Crippen LogP contribution < -0.4 is 20.1 Å². The summed E-state index contributed by atoms with van der Waals surface area (Å²) in [5, 5.41) is 6.15. The van der Waals surface area contributed by atoms with Crippen LogP contribution in [0.3, 0.4) is 0 Å². The molecule has 12 nitrogen and oxygen atoms in total. The molecule has 4 aromatic carbocycles. The maximum absolute atomic E-state index is 11.2. The molecule has 2 N–H and O–H groups in total. The lowest BCUT2D eigenvalue weighted by molar-refractivity contribution is -0.140. The third kappa shape index (κ3) is 13.7. The lowest BCUT2D eigenvalue weighted by atomic mass is 10.1. The van der Waals surface area contributed by atoms with E-state index < -0.39 is 0 Å². The second kappa shape index (κ2) is 23.1. The van der Waals surface area contributed by atoms with Gasteiger partial charge in [-0.2, -0.15) is 0 Å². The van der Waals surface area contributed by atoms with Crippen molar-refractivity contribution in [2.45, 2.75) is 53.6 Å². The van der Waals surface area contributed by atoms with E-state index in [2.05, 4.69) is 30.1 Å². The molecule has 0 saturated carbocycles. The van der Waals surface area contributed by atoms with Crippen LogP contribution in [0.15, 0.2) is 118 Å². The Bertz CT molecular complexity index is 2120. The number of rotatable bonds is 18. The van der Waals surface area contributed by atoms with Gasteiger partial charge in [0.15, 0.2) is 0 Å². The van der Waals surface area contributed by atoms with Crippen LogP contribution in [0.25, 0.3) is 22.9 Å². The number of esters is 2. The maximum Gasteiger partial charge on any atom is 0.319 e. The van der Waals surface area contributed by atoms with Gasteiger partial charge < -0.3 is 38.4 Å². The number of nitrogens with one attached hydrogen (secondary N) is 2. The van der Waals surface area contributed by atoms with Crippen molar-refractivity contribution in [2.75, 3.05) is 40.5 Å². The summed E-state index contributed by atoms with van der Waals surface area (Å²) in [6.07, 6.45) is 1.34. The summed E-state index contributed by atoms with van der Waals surface area (Å²) in [4.78, 5) is 31.5. The van der Waals surface area contributed by atoms with E-state index in [1.165, 1.54) is 14.2 Å². The molecular weight excluding hydrogens is 737 g/mol. The lowest BCUT2D eigenvalue weighted by Gasteiger charge is -2.14. The van der Waals surface area contributed by atoms with Crippen LogP contribution in [0.4, 0.5) is 0 Å². The van der Waals surface area contributed by atoms with E-state index in [1.54, 1.807) is 0 Å². The van der Waals surface area contributed by atoms with Crippen LogP contribution in [0.5, 0.6) is 11.5 Å². The molecule has 0 saturated heterocycles. The summed E-state index contributed by atoms with van der Waals surface area (Å²) in [5.41, 5.74) is 5.88. The number of carbonyl (C=O) groups is 2. The minimum absolute atomic E-state index is 0. The Labute approximate surface area is 340 Å². The highest BCUT2D eigenvalue weighted by Crippen LogP contribution is 2.24. The van der Waals surface area contributed by atoms with Gasteiger partial charge >= 0.3 is 11.9 Å². The number of aryl methyl sites for hydroxylation is 2. The molecule has 6 rings (SSSR count). The summed E-state index contributed by atoms with van der Waals surface area (Å²) < 4.78 is 32.5. The fraction of sp³-hybridized carbons (Fsp3) is 0.304. The van der Waals surface area contributed by atoms with Gasteiger partial charge in [-0.1, -0.05) is 68.1 Å². The van der Waals surface area contributed by atoms with E-state index in [4.69, 9.17) is 18.3 Å². The molecule has 0 fully saturated rings. The van der Waals surface area contributed by atoms with E-state index >= 15 is 0 Å². The van der Waals surface area contributed by atoms with Gasteiger partial charge in [-0.15, -0.1) is 0 Å². The number of hydrogen-bond acceptors (Lipinski definition) is 12. The highest BCUT2D eigenvalue weighted by molar-refractivity contribution is 5.71. The number of nitrogens with zero attached hydrogens (tertiary/aromatic N) is 2. The topological polar surface area (TPSA) is 147 Å². The predicted molar refractivity (Wildman–Crippen MR) is 224 cm³/mol. The van der Waals surface area contributed by atoms with Crippen LogP contribution in [-0.4, -0.2) is 62.4 Å². The highest BCUT2D eigenvalue weighted by Gasteiger charge is 2.13. The second-order valence-electron chi connectivity index (χ2n) is 13.0. The molecule has 0 spiro atoms. The maximum atomic E-state index is 11.2. The Morgan fingerprint density at radius 3 is 1.55 bits per heavy atom. The van der Waals surface area contributed by atoms with Gasteiger partial charge in [0.1, 0.15) is 23.0 Å². The average Bonchev–Trinajstić information content (AvgIpc) is 3.82. The first kappa shape index (κ1) is 44.5. The molecule has 12 heteroatoms. The van der Waals surface area contributed by atoms with E-state index in [1.807, 2.05) is 130 Å². The molecule has 306 valence electrons. The monoisotopic (exact) mass is 790 g/mol. The minimum Gasteiger partial charge on any atom is -0.493 e. The average molecular weight is 791 g/mol. The van der Waals surface area contributed by atoms with Gasteiger partial charge in [-0.25, -0.2) is 9.97 Å². The fourth-order valence-corrected chi connectivity index (χ4v) is 5.62. The van der Waals surface area contributed by atoms with Gasteiger partial charge in [-0.05, 0) is 80.4 Å². The van der Waals surface area contributed by atoms with Gasteiger partial charge in [0.2, 0.25) is 11.8 Å². The third-order valence-corrected chi connectivity index (χ3v) is 8.95. The van der Waals surface area contributed by atoms with Crippen molar-refractivity contribution < 1.29 is 37.4 Å². The molecule has 0 bridgehead atoms. The van der Waals surface area contributed by atoms with Crippen LogP contribution in [0.2, 0.25) is 0 Å². The van der Waals surface area contributed by atoms with Gasteiger partial charge in [0.05, 0.1) is 51.9 Å². The van der Waals surface area contributed by atoms with Crippen LogP contribution >= 0.6 is 0 Å². The Morgan fingerprint density at radius 1 is 0.638 bits per heavy atom. The second-order valence-corrected chi connectivity index (χ2v) is 13.0. The third-order valence-electron chi connectivity index (χ3n) is 8.95. The number of hydrogen-bond donors (Lipinski definition) is 2. The van der Waals surface area contributed by atoms with Crippen molar-refractivity contribution in [1.82, 2.24) is 20.6 Å². The first-order valence-electron chi connectivity index (χ1n) is 18.8. The van der Waals surface area contributed by atoms with Crippen molar-refractivity contribution in [2.24, 2.45) is 0 Å². The van der Waals surface area contributed by atoms with Crippen LogP contribution in [0, 0.1) is 13.8 Å². The number of oxazole rings is 2. The summed E-state index contributed by atoms with van der Waals surface area (Å²) >= 11 is 0. The number of aromatic nitrogens is 2. The van der Waals surface area contributed by atoms with E-state index in [-0.39, 0.29) is 38.5 Å². The summed E-state index contributed by atoms with van der Waals surface area (Å²) in [6, 6.07) is 35.3. The summed E-state index contributed by atoms with van der Waals surface area (Å²) in [7, 11) is 2.75. The fourth-order valence-electron chi connectivity index (χ4n) is 5.62. The van der Waals surface area contributed by atoms with E-state index in [0.29, 0.717) is 44.4 Å². The SMILES string of the molecule is C.COC(=O)CNC(C)c1ccc(OCCc2nc(-c3ccccc3)oc2C)cc1.COC(=O)CNCc1ccc(OCCc2nc(-c3ccccc3)oc2C)cc1. The number of ether oxygens (including phenoxy) is 4. The molecular formula is C46H54N4O8. The molecule has 1 unspecified atom stereocenters. The van der Waals surface area contributed by atoms with Gasteiger partial charge in [-0.3, -0.25) is 9.59 Å². The first-order valence-corrected chi connectivity index (χ1v) is 18.8. The van der Waals surface area contributed by atoms with Crippen molar-refractivity contribution in [3.05, 3.63) is 143 Å². The zero-order chi connectivity index (χ0) is 40.4. The van der Waals surface area contributed by atoms with Gasteiger partial charge in [0, 0.05) is 36.6 Å². The molecule has 6 aromatic rings. The van der Waals surface area contributed by atoms with Gasteiger partial charge in [0.25, 0.3) is 0 Å². The van der Waals surface area contributed by atoms with Crippen molar-refractivity contribution in [1.29, 1.82) is 0 Å². The van der Waals surface area contributed by atoms with Crippen molar-refractivity contribution in [3.8, 4) is 34.4 Å². The quantitative estimate of drug-likeness (QED) is 0.0808. The van der Waals surface area contributed by atoms with Crippen LogP contribution in [0.1, 0.15) is 54.4 Å². The Kier molecular flexibility index (Phi) is 17.7. The molecule has 0 aliphatic heterocycles. The standard InChI is InChI=1S/C23H26N2O4.C22H24N2O4.CH4/c1-16(24-15-22(26)27-3)18-9-11-20(12-10-18)28-14-13-21-17(2)29-23(25-21)19-7-5-4-6-8-19;1-16-20(24-22(28-16)18-6-4-3-5-7-18)12-13-27-19-10-8-17(9-11-19)14-23-15-21(25)26-2;/h4-12,16,24H,13-15H2,1-3H3;3-11,23H,12-15H2,1-2H3;1H4. The highest BCUT2D eigenvalue weighted by atomic mass is 16.5. The Hall–Kier alpha value is -6.24. The summed E-state index contributed by atoms with van der Waals surface area (Å²) in [6.45, 7) is 7.83. The molecule has 0 aliphatic carbocycles. The number of benzene rings is 4. The number of methoxy groups -OCH3 is 2. The lowest BCUT2D eigenvalue weighted by Crippen LogP contribution is -2.26. The zero-order valence-corrected chi connectivity index (χ0v) is 33.1. The molecule has 2 aromatic heterocycles. The first-order chi connectivity index (χ1) is 27.7. The molecule has 58 heavy (non-hydrogen) atoms. The molecule has 0 aliphatic rings. The molecule has 1 atom stereocenters. The Morgan fingerprint density at radius 2 is 1.09 bits per heavy atom. The van der Waals surface area contributed by atoms with Crippen molar-refractivity contribution >= 4 is 11.9 Å². The van der Waals surface area contributed by atoms with Crippen molar-refractivity contribution in [3.63, 3.8) is 0 Å². The van der Waals surface area contributed by atoms with E-state index in [9.17, 15) is 9.59 Å². The van der Waals surface area contributed by atoms with E-state index in [0.717, 1.165) is 56.7 Å². The minimum atomic E-state index is -0.282. The zero-order valence-electron chi connectivity index (χ0n) is 33.1. The normalized spacial score (nSPS) is 11.1.